The van der Waals surface area contributed by atoms with Crippen molar-refractivity contribution in [3.05, 3.63) is 33.8 Å². The highest BCUT2D eigenvalue weighted by atomic mass is 19.4. The fourth-order valence-corrected chi connectivity index (χ4v) is 3.86. The minimum atomic E-state index is -4.58. The third kappa shape index (κ3) is 5.19. The Hall–Kier alpha value is -3.35. The Bertz CT molecular complexity index is 1230. The third-order valence-electron chi connectivity index (χ3n) is 5.75. The van der Waals surface area contributed by atoms with Gasteiger partial charge in [0.05, 0.1) is 19.3 Å². The highest BCUT2D eigenvalue weighted by Gasteiger charge is 2.44. The van der Waals surface area contributed by atoms with Gasteiger partial charge in [0.2, 0.25) is 11.8 Å². The van der Waals surface area contributed by atoms with Gasteiger partial charge in [-0.3, -0.25) is 19.0 Å². The predicted octanol–water partition coefficient (Wildman–Crippen LogP) is 1.55. The van der Waals surface area contributed by atoms with Gasteiger partial charge >= 0.3 is 6.18 Å². The molecule has 2 aromatic rings. The molecule has 35 heavy (non-hydrogen) atoms. The van der Waals surface area contributed by atoms with E-state index in [1.54, 1.807) is 0 Å². The maximum Gasteiger partial charge on any atom is 0.416 e. The van der Waals surface area contributed by atoms with Crippen LogP contribution in [0.25, 0.3) is 11.7 Å². The first-order valence-corrected chi connectivity index (χ1v) is 11.3. The fraction of sp³-hybridized carbons (Fsp3) is 0.545. The van der Waals surface area contributed by atoms with Gasteiger partial charge in [-0.1, -0.05) is 13.8 Å². The fourth-order valence-electron chi connectivity index (χ4n) is 3.86. The molecule has 190 valence electrons. The van der Waals surface area contributed by atoms with Crippen molar-refractivity contribution in [3.8, 4) is 5.88 Å². The monoisotopic (exact) mass is 497 g/mol. The molecule has 10 nitrogen and oxygen atoms in total. The lowest BCUT2D eigenvalue weighted by Gasteiger charge is -2.33. The zero-order valence-corrected chi connectivity index (χ0v) is 19.2. The first-order valence-electron chi connectivity index (χ1n) is 11.3. The van der Waals surface area contributed by atoms with Gasteiger partial charge in [-0.15, -0.1) is 0 Å². The molecule has 1 unspecified atom stereocenters. The summed E-state index contributed by atoms with van der Waals surface area (Å²) in [7, 11) is 0. The van der Waals surface area contributed by atoms with Crippen LogP contribution in [0.4, 0.5) is 13.2 Å². The van der Waals surface area contributed by atoms with Crippen molar-refractivity contribution >= 4 is 23.5 Å². The van der Waals surface area contributed by atoms with E-state index in [9.17, 15) is 32.7 Å². The molecule has 1 saturated heterocycles. The van der Waals surface area contributed by atoms with Crippen LogP contribution in [0, 0.1) is 5.92 Å². The lowest BCUT2D eigenvalue weighted by Crippen LogP contribution is -2.50. The van der Waals surface area contributed by atoms with E-state index >= 15 is 0 Å². The first-order chi connectivity index (χ1) is 16.5. The van der Waals surface area contributed by atoms with Gasteiger partial charge in [0.15, 0.2) is 11.7 Å². The van der Waals surface area contributed by atoms with Crippen molar-refractivity contribution in [2.24, 2.45) is 5.92 Å². The van der Waals surface area contributed by atoms with Crippen molar-refractivity contribution in [2.75, 3.05) is 19.7 Å². The molecule has 1 aliphatic carbocycles. The lowest BCUT2D eigenvalue weighted by molar-refractivity contribution is -0.235. The van der Waals surface area contributed by atoms with Crippen LogP contribution >= 0.6 is 0 Å². The molecule has 1 aliphatic heterocycles. The molecule has 2 aliphatic rings. The van der Waals surface area contributed by atoms with Gasteiger partial charge in [-0.25, -0.2) is 0 Å². The number of amides is 2. The number of ether oxygens (including phenoxy) is 1. The SMILES string of the molecule is CC(C)Cn1c(=O)c(C(=O)NC2CC2)c(O)n2ncc(C=CC(=O)N3CCOC(C(F)(F)F)C3)c12. The Morgan fingerprint density at radius 2 is 2.06 bits per heavy atom. The predicted molar refractivity (Wildman–Crippen MR) is 118 cm³/mol. The van der Waals surface area contributed by atoms with Gasteiger partial charge in [-0.05, 0) is 24.8 Å². The van der Waals surface area contributed by atoms with Crippen molar-refractivity contribution in [1.29, 1.82) is 0 Å². The summed E-state index contributed by atoms with van der Waals surface area (Å²) in [6.45, 7) is 3.06. The van der Waals surface area contributed by atoms with E-state index in [0.717, 1.165) is 28.3 Å². The van der Waals surface area contributed by atoms with Crippen molar-refractivity contribution in [2.45, 2.75) is 51.6 Å². The van der Waals surface area contributed by atoms with E-state index in [1.165, 1.54) is 16.8 Å². The molecule has 0 spiro atoms. The number of carbonyl (C=O) groups excluding carboxylic acids is 2. The molecule has 0 aromatic carbocycles. The summed E-state index contributed by atoms with van der Waals surface area (Å²) in [6.07, 6.45) is -1.33. The van der Waals surface area contributed by atoms with E-state index in [4.69, 9.17) is 4.74 Å². The van der Waals surface area contributed by atoms with Crippen LogP contribution in [0.5, 0.6) is 5.88 Å². The molecule has 2 N–H and O–H groups in total. The second-order valence-electron chi connectivity index (χ2n) is 9.11. The largest absolute Gasteiger partial charge is 0.492 e. The number of halogens is 3. The van der Waals surface area contributed by atoms with Crippen LogP contribution in [0.1, 0.15) is 42.6 Å². The normalized spacial score (nSPS) is 19.1. The van der Waals surface area contributed by atoms with E-state index in [-0.39, 0.29) is 42.9 Å². The molecule has 2 amide bonds. The zero-order valence-electron chi connectivity index (χ0n) is 19.2. The van der Waals surface area contributed by atoms with E-state index < -0.39 is 47.6 Å². The number of aromatic hydroxyl groups is 1. The summed E-state index contributed by atoms with van der Waals surface area (Å²) in [6, 6.07) is -0.0326. The molecule has 2 aromatic heterocycles. The van der Waals surface area contributed by atoms with Crippen molar-refractivity contribution < 1.29 is 32.6 Å². The maximum absolute atomic E-state index is 13.2. The highest BCUT2D eigenvalue weighted by molar-refractivity contribution is 5.97. The van der Waals surface area contributed by atoms with E-state index in [1.807, 2.05) is 13.8 Å². The van der Waals surface area contributed by atoms with Gasteiger partial charge < -0.3 is 20.1 Å². The second kappa shape index (κ2) is 9.36. The van der Waals surface area contributed by atoms with Crippen molar-refractivity contribution in [1.82, 2.24) is 24.4 Å². The van der Waals surface area contributed by atoms with Crippen LogP contribution < -0.4 is 10.9 Å². The quantitative estimate of drug-likeness (QED) is 0.585. The van der Waals surface area contributed by atoms with E-state index in [0.29, 0.717) is 0 Å². The van der Waals surface area contributed by atoms with Gasteiger partial charge in [0.25, 0.3) is 11.5 Å². The molecule has 4 rings (SSSR count). The first kappa shape index (κ1) is 24.8. The standard InChI is InChI=1S/C22H26F3N5O5/c1-12(2)10-29-19-13(3-6-16(31)28-7-8-35-15(11-28)22(23,24)25)9-26-30(19)21(34)17(20(29)33)18(32)27-14-4-5-14/h3,6,9,12,14-15,34H,4-5,7-8,10-11H2,1-2H3,(H,27,32). The average Bonchev–Trinajstić information content (AvgIpc) is 3.49. The summed E-state index contributed by atoms with van der Waals surface area (Å²) in [4.78, 5) is 39.5. The molecule has 0 bridgehead atoms. The number of carbonyl (C=O) groups is 2. The Balaban J connectivity index is 1.68. The number of hydrogen-bond acceptors (Lipinski definition) is 6. The zero-order chi connectivity index (χ0) is 25.5. The average molecular weight is 497 g/mol. The number of fused-ring (bicyclic) bond motifs is 1. The minimum Gasteiger partial charge on any atom is -0.492 e. The van der Waals surface area contributed by atoms with Crippen LogP contribution in [0.3, 0.4) is 0 Å². The second-order valence-corrected chi connectivity index (χ2v) is 9.11. The van der Waals surface area contributed by atoms with Crippen molar-refractivity contribution in [3.63, 3.8) is 0 Å². The van der Waals surface area contributed by atoms with Gasteiger partial charge in [-0.2, -0.15) is 22.8 Å². The molecule has 1 atom stereocenters. The Morgan fingerprint density at radius 1 is 1.34 bits per heavy atom. The number of hydrogen-bond donors (Lipinski definition) is 2. The molecule has 3 heterocycles. The number of alkyl halides is 3. The highest BCUT2D eigenvalue weighted by Crippen LogP contribution is 2.26. The van der Waals surface area contributed by atoms with Gasteiger partial charge in [0.1, 0.15) is 5.65 Å². The Morgan fingerprint density at radius 3 is 2.69 bits per heavy atom. The summed E-state index contributed by atoms with van der Waals surface area (Å²) in [5, 5.41) is 17.5. The number of morpholine rings is 1. The summed E-state index contributed by atoms with van der Waals surface area (Å²) >= 11 is 0. The summed E-state index contributed by atoms with van der Waals surface area (Å²) in [5.74, 6) is -2.00. The molecular formula is C22H26F3N5O5. The number of nitrogens with one attached hydrogen (secondary N) is 1. The van der Waals surface area contributed by atoms with Crippen LogP contribution in [0.15, 0.2) is 17.1 Å². The number of nitrogens with zero attached hydrogens (tertiary/aromatic N) is 4. The Kier molecular flexibility index (Phi) is 6.62. The lowest BCUT2D eigenvalue weighted by atomic mass is 10.2. The van der Waals surface area contributed by atoms with Crippen LogP contribution in [0.2, 0.25) is 0 Å². The topological polar surface area (TPSA) is 118 Å². The third-order valence-corrected chi connectivity index (χ3v) is 5.75. The molecule has 2 fully saturated rings. The molecule has 0 radical (unpaired) electrons. The molecular weight excluding hydrogens is 471 g/mol. The smallest absolute Gasteiger partial charge is 0.416 e. The Labute approximate surface area is 198 Å². The van der Waals surface area contributed by atoms with Crippen LogP contribution in [-0.2, 0) is 16.1 Å². The minimum absolute atomic E-state index is 0.00280. The summed E-state index contributed by atoms with van der Waals surface area (Å²) < 4.78 is 46.0. The van der Waals surface area contributed by atoms with Gasteiger partial charge in [0, 0.05) is 30.8 Å². The van der Waals surface area contributed by atoms with Crippen LogP contribution in [-0.4, -0.2) is 74.0 Å². The number of rotatable bonds is 6. The maximum atomic E-state index is 13.2. The molecule has 13 heteroatoms. The summed E-state index contributed by atoms with van der Waals surface area (Å²) in [5.41, 5.74) is -0.694. The van der Waals surface area contributed by atoms with E-state index in [2.05, 4.69) is 10.4 Å². The number of aromatic nitrogens is 3. The molecule has 1 saturated carbocycles.